The number of rotatable bonds is 7. The topological polar surface area (TPSA) is 55.1 Å². The zero-order valence-electron chi connectivity index (χ0n) is 12.4. The van der Waals surface area contributed by atoms with E-state index < -0.39 is 0 Å². The fourth-order valence-corrected chi connectivity index (χ4v) is 2.28. The van der Waals surface area contributed by atoms with E-state index in [4.69, 9.17) is 5.73 Å². The van der Waals surface area contributed by atoms with Gasteiger partial charge in [0.2, 0.25) is 5.91 Å². The van der Waals surface area contributed by atoms with E-state index >= 15 is 0 Å². The van der Waals surface area contributed by atoms with E-state index in [9.17, 15) is 4.79 Å². The second-order valence-corrected chi connectivity index (χ2v) is 5.18. The van der Waals surface area contributed by atoms with Crippen LogP contribution >= 0.6 is 0 Å². The van der Waals surface area contributed by atoms with Gasteiger partial charge >= 0.3 is 0 Å². The number of hydrogen-bond acceptors (Lipinski definition) is 2. The van der Waals surface area contributed by atoms with E-state index in [1.54, 1.807) is 6.07 Å². The Hall–Kier alpha value is -2.29. The summed E-state index contributed by atoms with van der Waals surface area (Å²) in [7, 11) is 0. The van der Waals surface area contributed by atoms with Gasteiger partial charge < -0.3 is 11.1 Å². The number of carbonyl (C=O) groups is 1. The molecule has 0 bridgehead atoms. The monoisotopic (exact) mass is 282 g/mol. The Morgan fingerprint density at radius 2 is 1.81 bits per heavy atom. The lowest BCUT2D eigenvalue weighted by molar-refractivity contribution is 0.0999. The van der Waals surface area contributed by atoms with E-state index in [1.165, 1.54) is 18.4 Å². The van der Waals surface area contributed by atoms with Crippen molar-refractivity contribution in [2.75, 3.05) is 5.32 Å². The molecule has 0 fully saturated rings. The molecule has 0 aliphatic heterocycles. The summed E-state index contributed by atoms with van der Waals surface area (Å²) in [6.45, 7) is 2.79. The van der Waals surface area contributed by atoms with E-state index in [-0.39, 0.29) is 5.91 Å². The number of nitrogens with two attached hydrogens (primary N) is 1. The summed E-state index contributed by atoms with van der Waals surface area (Å²) in [5.41, 5.74) is 9.29. The minimum atomic E-state index is -0.387. The average molecular weight is 282 g/mol. The molecule has 3 heteroatoms. The number of anilines is 1. The Labute approximate surface area is 126 Å². The van der Waals surface area contributed by atoms with Gasteiger partial charge in [-0.05, 0) is 42.2 Å². The Kier molecular flexibility index (Phi) is 5.38. The molecular weight excluding hydrogens is 260 g/mol. The van der Waals surface area contributed by atoms with Crippen LogP contribution in [0.3, 0.4) is 0 Å². The molecule has 2 rings (SSSR count). The van der Waals surface area contributed by atoms with Crippen LogP contribution in [0.4, 0.5) is 5.69 Å². The molecule has 0 aromatic heterocycles. The number of aryl methyl sites for hydroxylation is 1. The van der Waals surface area contributed by atoms with Crippen LogP contribution in [-0.2, 0) is 13.0 Å². The summed E-state index contributed by atoms with van der Waals surface area (Å²) in [5, 5.41) is 3.33. The van der Waals surface area contributed by atoms with Crippen molar-refractivity contribution < 1.29 is 4.79 Å². The molecular formula is C18H22N2O. The first-order valence-electron chi connectivity index (χ1n) is 7.41. The Morgan fingerprint density at radius 3 is 2.48 bits per heavy atom. The zero-order valence-corrected chi connectivity index (χ0v) is 12.4. The lowest BCUT2D eigenvalue weighted by atomic mass is 10.1. The van der Waals surface area contributed by atoms with E-state index in [0.29, 0.717) is 12.1 Å². The van der Waals surface area contributed by atoms with E-state index in [1.807, 2.05) is 18.2 Å². The number of carbonyl (C=O) groups excluding carboxylic acids is 1. The molecule has 21 heavy (non-hydrogen) atoms. The van der Waals surface area contributed by atoms with Crippen LogP contribution in [0.25, 0.3) is 0 Å². The summed E-state index contributed by atoms with van der Waals surface area (Å²) in [6.07, 6.45) is 3.56. The van der Waals surface area contributed by atoms with Crippen LogP contribution in [0.2, 0.25) is 0 Å². The predicted octanol–water partition coefficient (Wildman–Crippen LogP) is 3.74. The molecule has 0 saturated carbocycles. The highest BCUT2D eigenvalue weighted by molar-refractivity contribution is 5.94. The first-order chi connectivity index (χ1) is 10.2. The molecule has 2 aromatic rings. The number of amides is 1. The van der Waals surface area contributed by atoms with Crippen molar-refractivity contribution in [3.05, 3.63) is 65.2 Å². The quantitative estimate of drug-likeness (QED) is 0.812. The molecule has 0 aliphatic rings. The standard InChI is InChI=1S/C18H22N2O/c1-2-3-6-14-9-11-16(12-10-14)20-13-15-7-4-5-8-17(15)18(19)21/h4-5,7-12,20H,2-3,6,13H2,1H3,(H2,19,21). The van der Waals surface area contributed by atoms with Gasteiger partial charge in [0.05, 0.1) is 0 Å². The molecule has 0 saturated heterocycles. The maximum Gasteiger partial charge on any atom is 0.249 e. The van der Waals surface area contributed by atoms with Crippen molar-refractivity contribution in [2.45, 2.75) is 32.7 Å². The van der Waals surface area contributed by atoms with E-state index in [2.05, 4.69) is 36.5 Å². The maximum absolute atomic E-state index is 11.4. The average Bonchev–Trinajstić information content (AvgIpc) is 2.52. The zero-order chi connectivity index (χ0) is 15.1. The molecule has 3 nitrogen and oxygen atoms in total. The third-order valence-electron chi connectivity index (χ3n) is 3.54. The first-order valence-corrected chi connectivity index (χ1v) is 7.41. The minimum absolute atomic E-state index is 0.387. The Bertz CT molecular complexity index is 590. The van der Waals surface area contributed by atoms with Crippen molar-refractivity contribution >= 4 is 11.6 Å². The third-order valence-corrected chi connectivity index (χ3v) is 3.54. The van der Waals surface area contributed by atoms with Gasteiger partial charge in [0.15, 0.2) is 0 Å². The van der Waals surface area contributed by atoms with Crippen molar-refractivity contribution in [2.24, 2.45) is 5.73 Å². The van der Waals surface area contributed by atoms with Crippen molar-refractivity contribution in [3.8, 4) is 0 Å². The van der Waals surface area contributed by atoms with Crippen molar-refractivity contribution in [1.82, 2.24) is 0 Å². The van der Waals surface area contributed by atoms with Crippen LogP contribution in [0.1, 0.15) is 41.3 Å². The van der Waals surface area contributed by atoms with Crippen molar-refractivity contribution in [3.63, 3.8) is 0 Å². The smallest absolute Gasteiger partial charge is 0.249 e. The number of benzene rings is 2. The summed E-state index contributed by atoms with van der Waals surface area (Å²) in [5.74, 6) is -0.387. The van der Waals surface area contributed by atoms with Gasteiger partial charge in [-0.15, -0.1) is 0 Å². The molecule has 1 amide bonds. The Balaban J connectivity index is 1.98. The molecule has 110 valence electrons. The third kappa shape index (κ3) is 4.35. The van der Waals surface area contributed by atoms with Crippen LogP contribution in [0, 0.1) is 0 Å². The fraction of sp³-hybridized carbons (Fsp3) is 0.278. The number of nitrogens with one attached hydrogen (secondary N) is 1. The van der Waals surface area contributed by atoms with Gasteiger partial charge in [-0.2, -0.15) is 0 Å². The summed E-state index contributed by atoms with van der Waals surface area (Å²) in [6, 6.07) is 15.9. The van der Waals surface area contributed by atoms with Crippen LogP contribution in [0.5, 0.6) is 0 Å². The van der Waals surface area contributed by atoms with Crippen molar-refractivity contribution in [1.29, 1.82) is 0 Å². The van der Waals surface area contributed by atoms with Crippen LogP contribution in [0.15, 0.2) is 48.5 Å². The largest absolute Gasteiger partial charge is 0.381 e. The summed E-state index contributed by atoms with van der Waals surface area (Å²) in [4.78, 5) is 11.4. The minimum Gasteiger partial charge on any atom is -0.381 e. The molecule has 0 spiro atoms. The first kappa shape index (κ1) is 15.1. The molecule has 0 unspecified atom stereocenters. The summed E-state index contributed by atoms with van der Waals surface area (Å²) >= 11 is 0. The fourth-order valence-electron chi connectivity index (χ4n) is 2.28. The van der Waals surface area contributed by atoms with Crippen LogP contribution in [-0.4, -0.2) is 5.91 Å². The maximum atomic E-state index is 11.4. The van der Waals surface area contributed by atoms with Gasteiger partial charge in [-0.25, -0.2) is 0 Å². The normalized spacial score (nSPS) is 10.3. The number of hydrogen-bond donors (Lipinski definition) is 2. The number of primary amides is 1. The highest BCUT2D eigenvalue weighted by Gasteiger charge is 2.06. The number of unbranched alkanes of at least 4 members (excludes halogenated alkanes) is 1. The van der Waals surface area contributed by atoms with Gasteiger partial charge in [-0.3, -0.25) is 4.79 Å². The molecule has 2 aromatic carbocycles. The molecule has 0 heterocycles. The predicted molar refractivity (Wildman–Crippen MR) is 87.3 cm³/mol. The Morgan fingerprint density at radius 1 is 1.10 bits per heavy atom. The molecule has 0 aliphatic carbocycles. The van der Waals surface area contributed by atoms with E-state index in [0.717, 1.165) is 17.7 Å². The highest BCUT2D eigenvalue weighted by Crippen LogP contribution is 2.14. The lowest BCUT2D eigenvalue weighted by Crippen LogP contribution is -2.15. The van der Waals surface area contributed by atoms with Gasteiger partial charge in [0, 0.05) is 17.8 Å². The molecule has 0 radical (unpaired) electrons. The summed E-state index contributed by atoms with van der Waals surface area (Å²) < 4.78 is 0. The molecule has 0 atom stereocenters. The van der Waals surface area contributed by atoms with Gasteiger partial charge in [0.1, 0.15) is 0 Å². The lowest BCUT2D eigenvalue weighted by Gasteiger charge is -2.10. The molecule has 3 N–H and O–H groups in total. The van der Waals surface area contributed by atoms with Crippen LogP contribution < -0.4 is 11.1 Å². The second-order valence-electron chi connectivity index (χ2n) is 5.18. The SMILES string of the molecule is CCCCc1ccc(NCc2ccccc2C(N)=O)cc1. The highest BCUT2D eigenvalue weighted by atomic mass is 16.1. The van der Waals surface area contributed by atoms with Gasteiger partial charge in [-0.1, -0.05) is 43.7 Å². The van der Waals surface area contributed by atoms with Gasteiger partial charge in [0.25, 0.3) is 0 Å². The second kappa shape index (κ2) is 7.48.